The summed E-state index contributed by atoms with van der Waals surface area (Å²) < 4.78 is 27.3. The molecule has 7 heteroatoms. The molecule has 4 nitrogen and oxygen atoms in total. The number of halogens is 2. The number of aliphatic hydroxyl groups is 1. The van der Waals surface area contributed by atoms with Crippen molar-refractivity contribution in [1.82, 2.24) is 10.6 Å². The zero-order valence-electron chi connectivity index (χ0n) is 12.3. The molecule has 0 heterocycles. The van der Waals surface area contributed by atoms with Crippen LogP contribution in [0.3, 0.4) is 0 Å². The third-order valence-corrected chi connectivity index (χ3v) is 4.39. The summed E-state index contributed by atoms with van der Waals surface area (Å²) >= 11 is 1.57. The van der Waals surface area contributed by atoms with Crippen molar-refractivity contribution < 1.29 is 18.7 Å². The van der Waals surface area contributed by atoms with E-state index >= 15 is 0 Å². The predicted octanol–water partition coefficient (Wildman–Crippen LogP) is 2.23. The second-order valence-electron chi connectivity index (χ2n) is 5.37. The van der Waals surface area contributed by atoms with E-state index in [4.69, 9.17) is 5.11 Å². The van der Waals surface area contributed by atoms with Gasteiger partial charge in [-0.2, -0.15) is 11.8 Å². The van der Waals surface area contributed by atoms with E-state index in [0.717, 1.165) is 0 Å². The van der Waals surface area contributed by atoms with E-state index in [1.165, 1.54) is 18.2 Å². The summed E-state index contributed by atoms with van der Waals surface area (Å²) in [5, 5.41) is 14.5. The van der Waals surface area contributed by atoms with Gasteiger partial charge in [0.15, 0.2) is 0 Å². The molecule has 1 aromatic rings. The molecular weight excluding hydrogens is 310 g/mol. The minimum absolute atomic E-state index is 0.00199. The maximum absolute atomic E-state index is 13.7. The van der Waals surface area contributed by atoms with Gasteiger partial charge < -0.3 is 15.7 Å². The number of carbonyl (C=O) groups is 1. The minimum Gasteiger partial charge on any atom is -0.396 e. The van der Waals surface area contributed by atoms with Crippen molar-refractivity contribution >= 4 is 17.8 Å². The molecule has 0 aromatic heterocycles. The Labute approximate surface area is 132 Å². The fraction of sp³-hybridized carbons (Fsp3) is 0.533. The molecule has 0 radical (unpaired) electrons. The Bertz CT molecular complexity index is 504. The van der Waals surface area contributed by atoms with Crippen molar-refractivity contribution in [2.75, 3.05) is 18.6 Å². The number of nitrogens with one attached hydrogen (secondary N) is 2. The van der Waals surface area contributed by atoms with Crippen molar-refractivity contribution in [3.63, 3.8) is 0 Å². The molecule has 2 amide bonds. The SMILES string of the molecule is CSCC(CCO)NC(=O)NC1CC1c1c(F)cccc1F. The van der Waals surface area contributed by atoms with Crippen LogP contribution >= 0.6 is 11.8 Å². The zero-order chi connectivity index (χ0) is 16.1. The van der Waals surface area contributed by atoms with E-state index in [1.54, 1.807) is 11.8 Å². The van der Waals surface area contributed by atoms with Crippen LogP contribution in [-0.2, 0) is 0 Å². The van der Waals surface area contributed by atoms with Gasteiger partial charge in [0.2, 0.25) is 0 Å². The highest BCUT2D eigenvalue weighted by Crippen LogP contribution is 2.42. The maximum atomic E-state index is 13.7. The van der Waals surface area contributed by atoms with Gasteiger partial charge in [-0.1, -0.05) is 6.07 Å². The molecule has 0 bridgehead atoms. The number of benzene rings is 1. The summed E-state index contributed by atoms with van der Waals surface area (Å²) in [7, 11) is 0. The van der Waals surface area contributed by atoms with Gasteiger partial charge in [0, 0.05) is 35.9 Å². The quantitative estimate of drug-likeness (QED) is 0.718. The fourth-order valence-electron chi connectivity index (χ4n) is 2.49. The highest BCUT2D eigenvalue weighted by molar-refractivity contribution is 7.98. The first kappa shape index (κ1) is 17.0. The Hall–Kier alpha value is -1.34. The number of aliphatic hydroxyl groups excluding tert-OH is 1. The second kappa shape index (κ2) is 7.78. The maximum Gasteiger partial charge on any atom is 0.315 e. The number of rotatable bonds is 7. The van der Waals surface area contributed by atoms with E-state index < -0.39 is 11.6 Å². The number of thioether (sulfide) groups is 1. The Balaban J connectivity index is 1.87. The molecule has 3 unspecified atom stereocenters. The van der Waals surface area contributed by atoms with Crippen molar-refractivity contribution in [3.05, 3.63) is 35.4 Å². The monoisotopic (exact) mass is 330 g/mol. The molecule has 2 rings (SSSR count). The van der Waals surface area contributed by atoms with Crippen LogP contribution < -0.4 is 10.6 Å². The van der Waals surface area contributed by atoms with Crippen LogP contribution in [0.5, 0.6) is 0 Å². The van der Waals surface area contributed by atoms with Crippen LogP contribution in [0.4, 0.5) is 13.6 Å². The average Bonchev–Trinajstić information content (AvgIpc) is 3.17. The molecule has 0 saturated heterocycles. The zero-order valence-corrected chi connectivity index (χ0v) is 13.1. The first-order valence-electron chi connectivity index (χ1n) is 7.17. The van der Waals surface area contributed by atoms with Gasteiger partial charge in [-0.3, -0.25) is 0 Å². The van der Waals surface area contributed by atoms with Crippen LogP contribution in [0.25, 0.3) is 0 Å². The van der Waals surface area contributed by atoms with Gasteiger partial charge in [0.05, 0.1) is 0 Å². The topological polar surface area (TPSA) is 61.4 Å². The number of carbonyl (C=O) groups excluding carboxylic acids is 1. The molecule has 1 aromatic carbocycles. The van der Waals surface area contributed by atoms with Crippen molar-refractivity contribution in [3.8, 4) is 0 Å². The van der Waals surface area contributed by atoms with E-state index in [1.807, 2.05) is 6.26 Å². The summed E-state index contributed by atoms with van der Waals surface area (Å²) in [5.41, 5.74) is 0.0452. The van der Waals surface area contributed by atoms with Gasteiger partial charge in [0.25, 0.3) is 0 Å². The highest BCUT2D eigenvalue weighted by Gasteiger charge is 2.42. The molecular formula is C15H20F2N2O2S. The van der Waals surface area contributed by atoms with Gasteiger partial charge in [-0.05, 0) is 31.2 Å². The van der Waals surface area contributed by atoms with Crippen molar-refractivity contribution in [2.45, 2.75) is 30.8 Å². The Kier molecular flexibility index (Phi) is 6.02. The molecule has 0 aliphatic heterocycles. The van der Waals surface area contributed by atoms with Crippen molar-refractivity contribution in [1.29, 1.82) is 0 Å². The van der Waals surface area contributed by atoms with Gasteiger partial charge >= 0.3 is 6.03 Å². The number of amides is 2. The summed E-state index contributed by atoms with van der Waals surface area (Å²) in [6.07, 6.45) is 2.92. The van der Waals surface area contributed by atoms with Crippen LogP contribution in [0.1, 0.15) is 24.3 Å². The van der Waals surface area contributed by atoms with Gasteiger partial charge in [-0.25, -0.2) is 13.6 Å². The van der Waals surface area contributed by atoms with E-state index in [9.17, 15) is 13.6 Å². The minimum atomic E-state index is -0.574. The fourth-order valence-corrected chi connectivity index (χ4v) is 3.14. The lowest BCUT2D eigenvalue weighted by molar-refractivity contribution is 0.231. The van der Waals surface area contributed by atoms with E-state index in [-0.39, 0.29) is 36.2 Å². The third kappa shape index (κ3) is 4.33. The first-order valence-corrected chi connectivity index (χ1v) is 8.57. The van der Waals surface area contributed by atoms with Crippen LogP contribution in [0.2, 0.25) is 0 Å². The van der Waals surface area contributed by atoms with Crippen LogP contribution in [-0.4, -0.2) is 41.8 Å². The van der Waals surface area contributed by atoms with E-state index in [0.29, 0.717) is 18.6 Å². The summed E-state index contributed by atoms with van der Waals surface area (Å²) in [5.74, 6) is -0.765. The van der Waals surface area contributed by atoms with Gasteiger partial charge in [0.1, 0.15) is 11.6 Å². The number of urea groups is 1. The van der Waals surface area contributed by atoms with Crippen LogP contribution in [0.15, 0.2) is 18.2 Å². The van der Waals surface area contributed by atoms with Crippen molar-refractivity contribution in [2.24, 2.45) is 0 Å². The molecule has 1 aliphatic carbocycles. The molecule has 0 spiro atoms. The smallest absolute Gasteiger partial charge is 0.315 e. The second-order valence-corrected chi connectivity index (χ2v) is 6.28. The van der Waals surface area contributed by atoms with E-state index in [2.05, 4.69) is 10.6 Å². The lowest BCUT2D eigenvalue weighted by Crippen LogP contribution is -2.44. The van der Waals surface area contributed by atoms with Gasteiger partial charge in [-0.15, -0.1) is 0 Å². The molecule has 1 aliphatic rings. The molecule has 1 saturated carbocycles. The standard InChI is InChI=1S/C15H20F2N2O2S/c1-22-8-9(5-6-20)18-15(21)19-13-7-10(13)14-11(16)3-2-4-12(14)17/h2-4,9-10,13,20H,5-8H2,1H3,(H2,18,19,21). The van der Waals surface area contributed by atoms with Crippen LogP contribution in [0, 0.1) is 11.6 Å². The largest absolute Gasteiger partial charge is 0.396 e. The molecule has 3 atom stereocenters. The number of hydrogen-bond donors (Lipinski definition) is 3. The predicted molar refractivity (Wildman–Crippen MR) is 83.0 cm³/mol. The molecule has 22 heavy (non-hydrogen) atoms. The summed E-state index contributed by atoms with van der Waals surface area (Å²) in [6, 6.07) is 3.04. The lowest BCUT2D eigenvalue weighted by Gasteiger charge is -2.17. The lowest BCUT2D eigenvalue weighted by atomic mass is 10.1. The Morgan fingerprint density at radius 2 is 2.14 bits per heavy atom. The highest BCUT2D eigenvalue weighted by atomic mass is 32.2. The Morgan fingerprint density at radius 1 is 1.45 bits per heavy atom. The third-order valence-electron chi connectivity index (χ3n) is 3.66. The number of hydrogen-bond acceptors (Lipinski definition) is 3. The Morgan fingerprint density at radius 3 is 2.73 bits per heavy atom. The summed E-state index contributed by atoms with van der Waals surface area (Å²) in [4.78, 5) is 11.9. The molecule has 122 valence electrons. The molecule has 3 N–H and O–H groups in total. The summed E-state index contributed by atoms with van der Waals surface area (Å²) in [6.45, 7) is -0.00199. The normalized spacial score (nSPS) is 21.3. The average molecular weight is 330 g/mol. The molecule has 1 fully saturated rings. The first-order chi connectivity index (χ1) is 10.6.